The lowest BCUT2D eigenvalue weighted by Crippen LogP contribution is -1.98. The zero-order valence-electron chi connectivity index (χ0n) is 10.5. The van der Waals surface area contributed by atoms with Gasteiger partial charge in [0.2, 0.25) is 0 Å². The molecule has 0 saturated heterocycles. The summed E-state index contributed by atoms with van der Waals surface area (Å²) in [5.74, 6) is -0.255. The van der Waals surface area contributed by atoms with Gasteiger partial charge in [0.05, 0.1) is 0 Å². The van der Waals surface area contributed by atoms with Gasteiger partial charge >= 0.3 is 0 Å². The maximum absolute atomic E-state index is 13.4. The molecule has 4 heteroatoms. The average Bonchev–Trinajstić information content (AvgIpc) is 2.80. The molecule has 0 fully saturated rings. The maximum atomic E-state index is 13.4. The van der Waals surface area contributed by atoms with E-state index in [0.29, 0.717) is 12.1 Å². The van der Waals surface area contributed by atoms with Crippen molar-refractivity contribution in [1.29, 1.82) is 0 Å². The van der Waals surface area contributed by atoms with E-state index in [-0.39, 0.29) is 5.82 Å². The minimum absolute atomic E-state index is 0.255. The molecule has 100 valence electrons. The van der Waals surface area contributed by atoms with Crippen molar-refractivity contribution < 1.29 is 9.18 Å². The van der Waals surface area contributed by atoms with Gasteiger partial charge < -0.3 is 4.57 Å². The Morgan fingerprint density at radius 2 is 2.00 bits per heavy atom. The smallest absolute Gasteiger partial charge is 0.150 e. The number of hydrogen-bond acceptors (Lipinski definition) is 1. The Kier molecular flexibility index (Phi) is 3.40. The first-order valence-electron chi connectivity index (χ1n) is 6.15. The monoisotopic (exact) mass is 331 g/mol. The molecule has 2 aromatic carbocycles. The van der Waals surface area contributed by atoms with E-state index in [4.69, 9.17) is 0 Å². The summed E-state index contributed by atoms with van der Waals surface area (Å²) in [6.07, 6.45) is 2.78. The number of aldehydes is 1. The second kappa shape index (κ2) is 5.21. The first-order valence-corrected chi connectivity index (χ1v) is 6.94. The summed E-state index contributed by atoms with van der Waals surface area (Å²) in [7, 11) is 0. The second-order valence-corrected chi connectivity index (χ2v) is 5.57. The van der Waals surface area contributed by atoms with E-state index in [1.54, 1.807) is 6.07 Å². The molecule has 1 heterocycles. The summed E-state index contributed by atoms with van der Waals surface area (Å²) in [6.45, 7) is 0.584. The van der Waals surface area contributed by atoms with Crippen LogP contribution in [-0.2, 0) is 6.54 Å². The lowest BCUT2D eigenvalue weighted by atomic mass is 10.2. The van der Waals surface area contributed by atoms with E-state index in [9.17, 15) is 9.18 Å². The molecule has 0 aliphatic heterocycles. The highest BCUT2D eigenvalue weighted by molar-refractivity contribution is 9.10. The third-order valence-corrected chi connectivity index (χ3v) is 3.66. The Balaban J connectivity index is 2.00. The predicted octanol–water partition coefficient (Wildman–Crippen LogP) is 4.40. The third kappa shape index (κ3) is 2.51. The second-order valence-electron chi connectivity index (χ2n) is 4.66. The van der Waals surface area contributed by atoms with E-state index >= 15 is 0 Å². The first kappa shape index (κ1) is 13.1. The van der Waals surface area contributed by atoms with Crippen molar-refractivity contribution in [2.24, 2.45) is 0 Å². The van der Waals surface area contributed by atoms with Crippen molar-refractivity contribution in [3.8, 4) is 0 Å². The molecular formula is C16H11BrFNO. The van der Waals surface area contributed by atoms with Crippen LogP contribution in [0.4, 0.5) is 4.39 Å². The highest BCUT2D eigenvalue weighted by Crippen LogP contribution is 2.20. The molecule has 0 aliphatic carbocycles. The van der Waals surface area contributed by atoms with Crippen LogP contribution in [0.15, 0.2) is 53.1 Å². The van der Waals surface area contributed by atoms with Crippen LogP contribution in [0, 0.1) is 5.82 Å². The lowest BCUT2D eigenvalue weighted by molar-refractivity contribution is 0.112. The topological polar surface area (TPSA) is 22.0 Å². The van der Waals surface area contributed by atoms with E-state index < -0.39 is 0 Å². The largest absolute Gasteiger partial charge is 0.343 e. The van der Waals surface area contributed by atoms with Crippen LogP contribution in [0.25, 0.3) is 10.9 Å². The van der Waals surface area contributed by atoms with Gasteiger partial charge in [-0.05, 0) is 48.0 Å². The maximum Gasteiger partial charge on any atom is 0.150 e. The van der Waals surface area contributed by atoms with Gasteiger partial charge in [0.1, 0.15) is 12.1 Å². The molecule has 0 amide bonds. The number of hydrogen-bond donors (Lipinski definition) is 0. The van der Waals surface area contributed by atoms with Gasteiger partial charge in [-0.1, -0.05) is 15.9 Å². The quantitative estimate of drug-likeness (QED) is 0.652. The number of benzene rings is 2. The number of halogens is 2. The van der Waals surface area contributed by atoms with Crippen LogP contribution < -0.4 is 0 Å². The molecular weight excluding hydrogens is 321 g/mol. The molecule has 0 atom stereocenters. The Bertz CT molecular complexity index is 774. The summed E-state index contributed by atoms with van der Waals surface area (Å²) >= 11 is 3.30. The van der Waals surface area contributed by atoms with Crippen LogP contribution in [0.2, 0.25) is 0 Å². The van der Waals surface area contributed by atoms with Crippen LogP contribution in [-0.4, -0.2) is 10.9 Å². The molecule has 3 aromatic rings. The molecule has 3 rings (SSSR count). The van der Waals surface area contributed by atoms with Crippen molar-refractivity contribution in [2.45, 2.75) is 6.54 Å². The van der Waals surface area contributed by atoms with Crippen molar-refractivity contribution >= 4 is 33.1 Å². The van der Waals surface area contributed by atoms with E-state index in [2.05, 4.69) is 15.9 Å². The van der Waals surface area contributed by atoms with Crippen LogP contribution in [0.1, 0.15) is 15.9 Å². The molecule has 0 radical (unpaired) electrons. The first-order chi connectivity index (χ1) is 9.65. The van der Waals surface area contributed by atoms with Crippen LogP contribution in [0.3, 0.4) is 0 Å². The van der Waals surface area contributed by atoms with Gasteiger partial charge in [-0.2, -0.15) is 0 Å². The fourth-order valence-corrected chi connectivity index (χ4v) is 2.84. The van der Waals surface area contributed by atoms with E-state index in [1.165, 1.54) is 12.1 Å². The fourth-order valence-electron chi connectivity index (χ4n) is 2.33. The summed E-state index contributed by atoms with van der Waals surface area (Å²) in [5.41, 5.74) is 2.56. The Morgan fingerprint density at radius 1 is 1.15 bits per heavy atom. The Morgan fingerprint density at radius 3 is 2.75 bits per heavy atom. The molecule has 0 saturated carbocycles. The standard InChI is InChI=1S/C16H11BrFNO/c17-14-6-12(7-15(18)8-14)9-19-4-3-13-5-11(10-20)1-2-16(13)19/h1-8,10H,9H2. The number of carbonyl (C=O) groups excluding carboxylic acids is 1. The van der Waals surface area contributed by atoms with Gasteiger partial charge in [-0.3, -0.25) is 4.79 Å². The number of nitrogens with zero attached hydrogens (tertiary/aromatic N) is 1. The SMILES string of the molecule is O=Cc1ccc2c(ccn2Cc2cc(F)cc(Br)c2)c1. The van der Waals surface area contributed by atoms with Gasteiger partial charge in [-0.25, -0.2) is 4.39 Å². The summed E-state index contributed by atoms with van der Waals surface area (Å²) in [5, 5.41) is 1.00. The molecule has 0 bridgehead atoms. The molecule has 0 unspecified atom stereocenters. The zero-order chi connectivity index (χ0) is 14.1. The Hall–Kier alpha value is -1.94. The average molecular weight is 332 g/mol. The number of carbonyl (C=O) groups is 1. The van der Waals surface area contributed by atoms with E-state index in [0.717, 1.165) is 27.2 Å². The molecule has 2 nitrogen and oxygen atoms in total. The van der Waals surface area contributed by atoms with Gasteiger partial charge in [0, 0.05) is 33.7 Å². The summed E-state index contributed by atoms with van der Waals surface area (Å²) in [4.78, 5) is 10.8. The van der Waals surface area contributed by atoms with E-state index in [1.807, 2.05) is 35.0 Å². The van der Waals surface area contributed by atoms with Crippen molar-refractivity contribution in [3.05, 3.63) is 70.1 Å². The fraction of sp³-hybridized carbons (Fsp3) is 0.0625. The highest BCUT2D eigenvalue weighted by atomic mass is 79.9. The van der Waals surface area contributed by atoms with Crippen molar-refractivity contribution in [1.82, 2.24) is 4.57 Å². The third-order valence-electron chi connectivity index (χ3n) is 3.21. The zero-order valence-corrected chi connectivity index (χ0v) is 12.1. The molecule has 1 aromatic heterocycles. The predicted molar refractivity (Wildman–Crippen MR) is 80.5 cm³/mol. The van der Waals surface area contributed by atoms with Crippen LogP contribution in [0.5, 0.6) is 0 Å². The normalized spacial score (nSPS) is 10.9. The minimum Gasteiger partial charge on any atom is -0.343 e. The van der Waals surface area contributed by atoms with Crippen molar-refractivity contribution in [3.63, 3.8) is 0 Å². The lowest BCUT2D eigenvalue weighted by Gasteiger charge is -2.07. The highest BCUT2D eigenvalue weighted by Gasteiger charge is 2.05. The molecule has 20 heavy (non-hydrogen) atoms. The molecule has 0 aliphatic rings. The minimum atomic E-state index is -0.255. The van der Waals surface area contributed by atoms with Gasteiger partial charge in [-0.15, -0.1) is 0 Å². The van der Waals surface area contributed by atoms with Crippen molar-refractivity contribution in [2.75, 3.05) is 0 Å². The summed E-state index contributed by atoms with van der Waals surface area (Å²) < 4.78 is 16.2. The van der Waals surface area contributed by atoms with Crippen LogP contribution >= 0.6 is 15.9 Å². The van der Waals surface area contributed by atoms with Gasteiger partial charge in [0.25, 0.3) is 0 Å². The molecule has 0 N–H and O–H groups in total. The number of rotatable bonds is 3. The molecule has 0 spiro atoms. The Labute approximate surface area is 124 Å². The summed E-state index contributed by atoms with van der Waals surface area (Å²) in [6, 6.07) is 12.4. The number of aromatic nitrogens is 1. The number of fused-ring (bicyclic) bond motifs is 1. The van der Waals surface area contributed by atoms with Gasteiger partial charge in [0.15, 0.2) is 0 Å².